The molecule has 0 radical (unpaired) electrons. The van der Waals surface area contributed by atoms with Crippen LogP contribution in [0.2, 0.25) is 0 Å². The molecule has 0 aliphatic heterocycles. The van der Waals surface area contributed by atoms with Gasteiger partial charge >= 0.3 is 11.9 Å². The molecule has 9 heteroatoms. The Labute approximate surface area is 507 Å². The molecule has 0 bridgehead atoms. The monoisotopic (exact) mass is 1150 g/mol. The van der Waals surface area contributed by atoms with Crippen LogP contribution in [0.25, 0.3) is 0 Å². The highest BCUT2D eigenvalue weighted by molar-refractivity contribution is 5.70. The molecule has 83 heavy (non-hydrogen) atoms. The first-order chi connectivity index (χ1) is 40.6. The molecular formula is C74H117NO8. The van der Waals surface area contributed by atoms with Gasteiger partial charge < -0.3 is 33.3 Å². The third-order valence-electron chi connectivity index (χ3n) is 13.0. The number of allylic oxidation sites excluding steroid dienone is 28. The Morgan fingerprint density at radius 1 is 0.361 bits per heavy atom. The number of esters is 2. The number of rotatable bonds is 57. The Morgan fingerprint density at radius 3 is 0.964 bits per heavy atom. The maximum atomic E-state index is 12.9. The van der Waals surface area contributed by atoms with E-state index in [1.54, 1.807) is 0 Å². The molecule has 0 saturated carbocycles. The number of aliphatic carboxylic acids is 1. The number of hydrogen-bond donors (Lipinski definition) is 0. The molecule has 0 fully saturated rings. The lowest BCUT2D eigenvalue weighted by molar-refractivity contribution is -0.870. The van der Waals surface area contributed by atoms with Gasteiger partial charge in [0, 0.05) is 12.8 Å². The van der Waals surface area contributed by atoms with Crippen molar-refractivity contribution >= 4 is 17.9 Å². The van der Waals surface area contributed by atoms with Crippen molar-refractivity contribution in [1.29, 1.82) is 0 Å². The summed E-state index contributed by atoms with van der Waals surface area (Å²) in [6.45, 7) is 4.47. The molecule has 0 heterocycles. The maximum Gasteiger partial charge on any atom is 0.306 e. The lowest BCUT2D eigenvalue weighted by Gasteiger charge is -2.26. The van der Waals surface area contributed by atoms with Gasteiger partial charge in [0.2, 0.25) is 0 Å². The molecule has 0 aliphatic carbocycles. The smallest absolute Gasteiger partial charge is 0.306 e. The molecule has 9 nitrogen and oxygen atoms in total. The fourth-order valence-electron chi connectivity index (χ4n) is 8.08. The van der Waals surface area contributed by atoms with Gasteiger partial charge in [0.15, 0.2) is 12.4 Å². The summed E-state index contributed by atoms with van der Waals surface area (Å²) in [7, 11) is 5.90. The molecule has 0 spiro atoms. The van der Waals surface area contributed by atoms with Crippen LogP contribution in [0.4, 0.5) is 0 Å². The molecule has 0 rings (SSSR count). The van der Waals surface area contributed by atoms with Crippen molar-refractivity contribution in [2.75, 3.05) is 47.5 Å². The van der Waals surface area contributed by atoms with Gasteiger partial charge in [0.25, 0.3) is 0 Å². The van der Waals surface area contributed by atoms with E-state index in [0.29, 0.717) is 23.9 Å². The molecule has 466 valence electrons. The summed E-state index contributed by atoms with van der Waals surface area (Å²) in [6.07, 6.45) is 91.3. The van der Waals surface area contributed by atoms with Crippen LogP contribution >= 0.6 is 0 Å². The summed E-state index contributed by atoms with van der Waals surface area (Å²) in [5.41, 5.74) is 0. The van der Waals surface area contributed by atoms with Crippen LogP contribution in [0.1, 0.15) is 219 Å². The lowest BCUT2D eigenvalue weighted by Crippen LogP contribution is -2.44. The fourth-order valence-corrected chi connectivity index (χ4v) is 8.08. The van der Waals surface area contributed by atoms with E-state index in [0.717, 1.165) is 154 Å². The molecule has 0 saturated heterocycles. The topological polar surface area (TPSA) is 111 Å². The number of hydrogen-bond acceptors (Lipinski definition) is 8. The van der Waals surface area contributed by atoms with Crippen LogP contribution in [0, 0.1) is 0 Å². The predicted molar refractivity (Wildman–Crippen MR) is 351 cm³/mol. The zero-order valence-electron chi connectivity index (χ0n) is 53.0. The highest BCUT2D eigenvalue weighted by Crippen LogP contribution is 2.14. The van der Waals surface area contributed by atoms with Gasteiger partial charge in [-0.1, -0.05) is 248 Å². The van der Waals surface area contributed by atoms with Crippen molar-refractivity contribution in [2.24, 2.45) is 0 Å². The van der Waals surface area contributed by atoms with E-state index in [9.17, 15) is 19.5 Å². The second-order valence-corrected chi connectivity index (χ2v) is 21.9. The number of unbranched alkanes of at least 4 members (excludes halogenated alkanes) is 14. The Morgan fingerprint density at radius 2 is 0.651 bits per heavy atom. The summed E-state index contributed by atoms with van der Waals surface area (Å²) >= 11 is 0. The van der Waals surface area contributed by atoms with Gasteiger partial charge in [-0.15, -0.1) is 0 Å². The SMILES string of the molecule is CC/C=C\C/C=C\C/C=C\C/C=C\C/C=C\C/C=C\C/C=C\C/C=C\C/C=C\C/C=C\CCCCCCCCCCC(=O)OC(COC(=O)CCCCCCCC/C=C\C/C=C\C/C=C\C/C=C\CC)COC(OCC[N+](C)(C)C)C(=O)[O-]. The largest absolute Gasteiger partial charge is 0.545 e. The van der Waals surface area contributed by atoms with Gasteiger partial charge in [-0.05, 0) is 128 Å². The van der Waals surface area contributed by atoms with Gasteiger partial charge in [0.1, 0.15) is 13.2 Å². The van der Waals surface area contributed by atoms with Crippen molar-refractivity contribution in [1.82, 2.24) is 0 Å². The van der Waals surface area contributed by atoms with Crippen LogP contribution < -0.4 is 5.11 Å². The summed E-state index contributed by atoms with van der Waals surface area (Å²) in [5.74, 6) is -2.33. The highest BCUT2D eigenvalue weighted by Gasteiger charge is 2.22. The second kappa shape index (κ2) is 62.7. The van der Waals surface area contributed by atoms with E-state index in [2.05, 4.69) is 184 Å². The Hall–Kier alpha value is -5.35. The highest BCUT2D eigenvalue weighted by atomic mass is 16.7. The minimum Gasteiger partial charge on any atom is -0.545 e. The van der Waals surface area contributed by atoms with Crippen molar-refractivity contribution in [2.45, 2.75) is 232 Å². The van der Waals surface area contributed by atoms with Gasteiger partial charge in [0.05, 0.1) is 40.3 Å². The first kappa shape index (κ1) is 77.7. The van der Waals surface area contributed by atoms with E-state index in [1.165, 1.54) is 25.7 Å². The summed E-state index contributed by atoms with van der Waals surface area (Å²) in [4.78, 5) is 37.4. The van der Waals surface area contributed by atoms with Crippen molar-refractivity contribution in [3.63, 3.8) is 0 Å². The number of carboxylic acid groups (broad SMARTS) is 1. The Kier molecular flexibility index (Phi) is 58.6. The van der Waals surface area contributed by atoms with Gasteiger partial charge in [-0.3, -0.25) is 9.59 Å². The standard InChI is InChI=1S/C74H117NO8/c1-6-8-10-12-14-16-18-20-22-24-26-27-28-29-30-31-32-33-34-35-36-37-38-39-40-41-42-43-44-45-47-49-51-53-55-57-59-61-63-65-72(77)83-70(69-82-74(73(78)79)80-67-66-75(3,4)5)68-81-71(76)64-62-60-58-56-54-52-50-48-46-25-23-21-19-17-15-13-11-9-7-2/h8-11,14-17,20-23,26-27,29-30,32-33,35-36,38-39,41-42,44-46,48,70,74H,6-7,12-13,18-19,24-25,28,31,34,37,40,43,47,49-69H2,1-5H3/b10-8-,11-9-,16-14-,17-15-,22-20-,23-21-,27-26-,30-29-,33-32-,36-35-,39-38-,42-41-,45-44-,48-46-. The summed E-state index contributed by atoms with van der Waals surface area (Å²) in [6, 6.07) is 0. The second-order valence-electron chi connectivity index (χ2n) is 21.9. The first-order valence-electron chi connectivity index (χ1n) is 32.3. The van der Waals surface area contributed by atoms with Crippen LogP contribution in [0.5, 0.6) is 0 Å². The summed E-state index contributed by atoms with van der Waals surface area (Å²) < 4.78 is 22.7. The summed E-state index contributed by atoms with van der Waals surface area (Å²) in [5, 5.41) is 11.8. The van der Waals surface area contributed by atoms with Crippen LogP contribution in [0.3, 0.4) is 0 Å². The van der Waals surface area contributed by atoms with Crippen LogP contribution in [-0.2, 0) is 33.3 Å². The molecular weight excluding hydrogens is 1030 g/mol. The number of nitrogens with zero attached hydrogens (tertiary/aromatic N) is 1. The van der Waals surface area contributed by atoms with Crippen molar-refractivity contribution in [3.8, 4) is 0 Å². The van der Waals surface area contributed by atoms with E-state index >= 15 is 0 Å². The maximum absolute atomic E-state index is 12.9. The number of likely N-dealkylation sites (N-methyl/N-ethyl adjacent to an activating group) is 1. The number of carbonyl (C=O) groups excluding carboxylic acids is 3. The number of carbonyl (C=O) groups is 3. The fraction of sp³-hybridized carbons (Fsp3) is 0.581. The minimum atomic E-state index is -1.64. The molecule has 0 aromatic heterocycles. The van der Waals surface area contributed by atoms with Crippen LogP contribution in [0.15, 0.2) is 170 Å². The van der Waals surface area contributed by atoms with Crippen LogP contribution in [-0.4, -0.2) is 82.3 Å². The van der Waals surface area contributed by atoms with E-state index in [1.807, 2.05) is 21.1 Å². The van der Waals surface area contributed by atoms with E-state index in [4.69, 9.17) is 18.9 Å². The van der Waals surface area contributed by atoms with Crippen molar-refractivity contribution < 1.29 is 42.9 Å². The molecule has 0 aliphatic rings. The van der Waals surface area contributed by atoms with Gasteiger partial charge in [-0.25, -0.2) is 0 Å². The third-order valence-corrected chi connectivity index (χ3v) is 13.0. The predicted octanol–water partition coefficient (Wildman–Crippen LogP) is 18.6. The molecule has 0 N–H and O–H groups in total. The molecule has 0 aromatic carbocycles. The average molecular weight is 1150 g/mol. The van der Waals surface area contributed by atoms with E-state index < -0.39 is 24.3 Å². The number of carboxylic acids is 1. The zero-order chi connectivity index (χ0) is 60.5. The minimum absolute atomic E-state index is 0.134. The Balaban J connectivity index is 4.23. The number of quaternary nitrogens is 1. The molecule has 0 amide bonds. The Bertz CT molecular complexity index is 1960. The third kappa shape index (κ3) is 64.1. The normalized spacial score (nSPS) is 13.9. The molecule has 2 atom stereocenters. The van der Waals surface area contributed by atoms with Crippen molar-refractivity contribution in [3.05, 3.63) is 170 Å². The number of ether oxygens (including phenoxy) is 4. The lowest BCUT2D eigenvalue weighted by atomic mass is 10.1. The van der Waals surface area contributed by atoms with Gasteiger partial charge in [-0.2, -0.15) is 0 Å². The first-order valence-corrected chi connectivity index (χ1v) is 32.3. The average Bonchev–Trinajstić information content (AvgIpc) is 3.46. The van der Waals surface area contributed by atoms with E-state index in [-0.39, 0.29) is 38.6 Å². The molecule has 2 unspecified atom stereocenters. The molecule has 0 aromatic rings. The quantitative estimate of drug-likeness (QED) is 0.0195. The zero-order valence-corrected chi connectivity index (χ0v) is 53.0.